The van der Waals surface area contributed by atoms with E-state index in [1.54, 1.807) is 0 Å². The molecule has 13 heavy (non-hydrogen) atoms. The third-order valence-electron chi connectivity index (χ3n) is 0.937. The third kappa shape index (κ3) is 2.31. The summed E-state index contributed by atoms with van der Waals surface area (Å²) in [6.45, 7) is 0. The molecule has 0 atom stereocenters. The molecule has 0 radical (unpaired) electrons. The lowest BCUT2D eigenvalue weighted by Gasteiger charge is -2.25. The van der Waals surface area contributed by atoms with Crippen LogP contribution in [0.3, 0.4) is 0 Å². The topological polar surface area (TPSA) is 61.8 Å². The number of rotatable bonds is 1. The molecule has 5 nitrogen and oxygen atoms in total. The predicted molar refractivity (Wildman–Crippen MR) is 26.2 cm³/mol. The van der Waals surface area contributed by atoms with Crippen LogP contribution < -0.4 is 0 Å². The van der Waals surface area contributed by atoms with E-state index in [1.807, 2.05) is 0 Å². The van der Waals surface area contributed by atoms with Gasteiger partial charge < -0.3 is 18.3 Å². The minimum atomic E-state index is -5.40. The van der Waals surface area contributed by atoms with Gasteiger partial charge >= 0.3 is 25.3 Å². The molecule has 0 aromatic rings. The highest BCUT2D eigenvalue weighted by molar-refractivity contribution is 6.65. The second kappa shape index (κ2) is 2.59. The lowest BCUT2D eigenvalue weighted by atomic mass is 10.1. The van der Waals surface area contributed by atoms with Crippen LogP contribution in [0, 0.1) is 0 Å². The fourth-order valence-corrected chi connectivity index (χ4v) is 0.584. The van der Waals surface area contributed by atoms with Gasteiger partial charge in [0.15, 0.2) is 0 Å². The zero-order valence-electron chi connectivity index (χ0n) is 5.63. The Morgan fingerprint density at radius 2 is 1.54 bits per heavy atom. The summed E-state index contributed by atoms with van der Waals surface area (Å²) in [5.74, 6) is -3.74. The molecule has 1 fully saturated rings. The van der Waals surface area contributed by atoms with Gasteiger partial charge in [-0.1, -0.05) is 0 Å². The average Bonchev–Trinajstić information content (AvgIpc) is 2.00. The summed E-state index contributed by atoms with van der Waals surface area (Å²) in [5, 5.41) is 0. The zero-order chi connectivity index (χ0) is 10.3. The van der Waals surface area contributed by atoms with Gasteiger partial charge in [0.25, 0.3) is 0 Å². The van der Waals surface area contributed by atoms with Gasteiger partial charge in [-0.05, 0) is 0 Å². The standard InChI is InChI=1S/C3BF4O5/c5-3(6,7)13-4(8)11-1(9)2(10)12-4/q-1. The van der Waals surface area contributed by atoms with Crippen LogP contribution in [0.2, 0.25) is 0 Å². The summed E-state index contributed by atoms with van der Waals surface area (Å²) in [4.78, 5) is 20.2. The number of hydrogen-bond acceptors (Lipinski definition) is 5. The van der Waals surface area contributed by atoms with Crippen molar-refractivity contribution in [3.05, 3.63) is 0 Å². The molecule has 0 saturated carbocycles. The van der Waals surface area contributed by atoms with Gasteiger partial charge in [0.05, 0.1) is 0 Å². The number of halogens is 4. The number of hydrogen-bond donors (Lipinski definition) is 0. The van der Waals surface area contributed by atoms with Gasteiger partial charge in [0.1, 0.15) is 0 Å². The first-order valence-electron chi connectivity index (χ1n) is 2.76. The molecule has 0 N–H and O–H groups in total. The van der Waals surface area contributed by atoms with Crippen LogP contribution in [-0.2, 0) is 23.6 Å². The van der Waals surface area contributed by atoms with Crippen LogP contribution in [-0.4, -0.2) is 25.3 Å². The van der Waals surface area contributed by atoms with E-state index in [-0.39, 0.29) is 0 Å². The molecule has 1 aliphatic rings. The van der Waals surface area contributed by atoms with E-state index in [0.717, 1.165) is 0 Å². The molecule has 1 heterocycles. The number of carbonyl (C=O) groups is 2. The van der Waals surface area contributed by atoms with Crippen LogP contribution in [0.5, 0.6) is 0 Å². The summed E-state index contributed by atoms with van der Waals surface area (Å²) in [5.41, 5.74) is 0. The maximum Gasteiger partial charge on any atom is 0.699 e. The SMILES string of the molecule is O=C1O[B-](F)(OC(F)(F)F)OC1=O. The van der Waals surface area contributed by atoms with Gasteiger partial charge in [-0.3, -0.25) is 0 Å². The molecule has 1 aliphatic heterocycles. The van der Waals surface area contributed by atoms with Crippen molar-refractivity contribution in [3.63, 3.8) is 0 Å². The van der Waals surface area contributed by atoms with Gasteiger partial charge in [-0.2, -0.15) is 0 Å². The van der Waals surface area contributed by atoms with Crippen molar-refractivity contribution in [1.29, 1.82) is 0 Å². The largest absolute Gasteiger partial charge is 0.699 e. The minimum Gasteiger partial charge on any atom is -0.596 e. The molecule has 0 aromatic heterocycles. The van der Waals surface area contributed by atoms with E-state index >= 15 is 0 Å². The van der Waals surface area contributed by atoms with E-state index < -0.39 is 25.3 Å². The van der Waals surface area contributed by atoms with Crippen molar-refractivity contribution in [2.45, 2.75) is 6.36 Å². The molecule has 0 bridgehead atoms. The highest BCUT2D eigenvalue weighted by atomic mass is 19.4. The van der Waals surface area contributed by atoms with Crippen LogP contribution in [0.1, 0.15) is 0 Å². The van der Waals surface area contributed by atoms with Crippen molar-refractivity contribution in [1.82, 2.24) is 0 Å². The van der Waals surface area contributed by atoms with Crippen molar-refractivity contribution >= 4 is 19.0 Å². The summed E-state index contributed by atoms with van der Waals surface area (Å²) in [7, 11) is -4.86. The average molecular weight is 203 g/mol. The van der Waals surface area contributed by atoms with Crippen LogP contribution in [0.25, 0.3) is 0 Å². The summed E-state index contributed by atoms with van der Waals surface area (Å²) < 4.78 is 55.9. The van der Waals surface area contributed by atoms with Gasteiger partial charge in [-0.15, -0.1) is 13.2 Å². The Morgan fingerprint density at radius 1 is 1.15 bits per heavy atom. The highest BCUT2D eigenvalue weighted by Crippen LogP contribution is 2.28. The van der Waals surface area contributed by atoms with Crippen LogP contribution in [0.15, 0.2) is 0 Å². The quantitative estimate of drug-likeness (QED) is 0.341. The van der Waals surface area contributed by atoms with E-state index in [9.17, 15) is 27.1 Å². The monoisotopic (exact) mass is 203 g/mol. The van der Waals surface area contributed by atoms with Crippen molar-refractivity contribution in [2.24, 2.45) is 0 Å². The second-order valence-electron chi connectivity index (χ2n) is 1.93. The lowest BCUT2D eigenvalue weighted by molar-refractivity contribution is -0.298. The zero-order valence-corrected chi connectivity index (χ0v) is 5.63. The van der Waals surface area contributed by atoms with Gasteiger partial charge in [0, 0.05) is 0 Å². The van der Waals surface area contributed by atoms with E-state index in [1.165, 1.54) is 0 Å². The van der Waals surface area contributed by atoms with E-state index in [2.05, 4.69) is 14.0 Å². The predicted octanol–water partition coefficient (Wildman–Crippen LogP) is 0.0279. The molecule has 10 heteroatoms. The normalized spacial score (nSPS) is 21.2. The van der Waals surface area contributed by atoms with Crippen molar-refractivity contribution < 1.29 is 41.0 Å². The smallest absolute Gasteiger partial charge is 0.596 e. The van der Waals surface area contributed by atoms with Crippen molar-refractivity contribution in [2.75, 3.05) is 0 Å². The maximum atomic E-state index is 12.5. The molecular formula is C3BF4O5-. The Hall–Kier alpha value is -1.32. The molecule has 1 rings (SSSR count). The second-order valence-corrected chi connectivity index (χ2v) is 1.93. The first kappa shape index (κ1) is 9.77. The van der Waals surface area contributed by atoms with Crippen molar-refractivity contribution in [3.8, 4) is 0 Å². The third-order valence-corrected chi connectivity index (χ3v) is 0.937. The maximum absolute atomic E-state index is 12.5. The van der Waals surface area contributed by atoms with Gasteiger partial charge in [-0.25, -0.2) is 9.59 Å². The fourth-order valence-electron chi connectivity index (χ4n) is 0.584. The van der Waals surface area contributed by atoms with Gasteiger partial charge in [0.2, 0.25) is 0 Å². The summed E-state index contributed by atoms with van der Waals surface area (Å²) in [6.07, 6.45) is -5.40. The Balaban J connectivity index is 2.70. The summed E-state index contributed by atoms with van der Waals surface area (Å²) in [6, 6.07) is 0. The summed E-state index contributed by atoms with van der Waals surface area (Å²) >= 11 is 0. The molecular weight excluding hydrogens is 203 g/mol. The van der Waals surface area contributed by atoms with E-state index in [0.29, 0.717) is 0 Å². The number of carbonyl (C=O) groups excluding carboxylic acids is 2. The molecule has 0 spiro atoms. The number of alkyl halides is 3. The Bertz CT molecular complexity index is 245. The Morgan fingerprint density at radius 3 is 1.85 bits per heavy atom. The van der Waals surface area contributed by atoms with Crippen LogP contribution in [0.4, 0.5) is 17.5 Å². The Labute approximate surface area is 67.6 Å². The molecule has 74 valence electrons. The Kier molecular flexibility index (Phi) is 1.94. The first-order chi connectivity index (χ1) is 5.72. The fraction of sp³-hybridized carbons (Fsp3) is 0.333. The molecule has 0 amide bonds. The molecule has 0 aromatic carbocycles. The minimum absolute atomic E-state index is 1.87. The molecule has 1 saturated heterocycles. The van der Waals surface area contributed by atoms with Crippen LogP contribution >= 0.6 is 0 Å². The molecule has 0 unspecified atom stereocenters. The first-order valence-corrected chi connectivity index (χ1v) is 2.76. The lowest BCUT2D eigenvalue weighted by Crippen LogP contribution is -2.41. The highest BCUT2D eigenvalue weighted by Gasteiger charge is 2.54. The van der Waals surface area contributed by atoms with E-state index in [4.69, 9.17) is 0 Å². The molecule has 0 aliphatic carbocycles.